The first-order valence-electron chi connectivity index (χ1n) is 22.6. The van der Waals surface area contributed by atoms with Crippen LogP contribution in [0.15, 0.2) is 231 Å². The second kappa shape index (κ2) is 14.3. The number of hydrogen-bond acceptors (Lipinski definition) is 2. The maximum absolute atomic E-state index is 5.53. The van der Waals surface area contributed by atoms with Crippen molar-refractivity contribution in [3.63, 3.8) is 0 Å². The minimum absolute atomic E-state index is 0.806. The van der Waals surface area contributed by atoms with Gasteiger partial charge in [-0.2, -0.15) is 0 Å². The Labute approximate surface area is 379 Å². The van der Waals surface area contributed by atoms with Gasteiger partial charge in [-0.05, 0) is 97.7 Å². The number of nitrogens with zero attached hydrogens (tertiary/aromatic N) is 4. The van der Waals surface area contributed by atoms with Crippen molar-refractivity contribution in [2.75, 3.05) is 0 Å². The minimum atomic E-state index is 0.806. The van der Waals surface area contributed by atoms with Gasteiger partial charge >= 0.3 is 0 Å². The second-order valence-electron chi connectivity index (χ2n) is 17.4. The predicted octanol–water partition coefficient (Wildman–Crippen LogP) is 16.3. The molecule has 0 radical (unpaired) electrons. The minimum Gasteiger partial charge on any atom is -0.309 e. The molecule has 4 heteroatoms. The first-order chi connectivity index (χ1) is 32.7. The molecule has 14 aromatic rings. The number of hydrogen-bond donors (Lipinski definition) is 0. The van der Waals surface area contributed by atoms with E-state index in [1.165, 1.54) is 70.5 Å². The lowest BCUT2D eigenvalue weighted by Gasteiger charge is -2.15. The third-order valence-corrected chi connectivity index (χ3v) is 13.7. The van der Waals surface area contributed by atoms with Crippen LogP contribution in [0.1, 0.15) is 0 Å². The molecule has 0 saturated heterocycles. The molecule has 4 nitrogen and oxygen atoms in total. The van der Waals surface area contributed by atoms with Crippen LogP contribution in [0.5, 0.6) is 0 Å². The summed E-state index contributed by atoms with van der Waals surface area (Å²) >= 11 is 0. The van der Waals surface area contributed by atoms with E-state index in [1.54, 1.807) is 0 Å². The average Bonchev–Trinajstić information content (AvgIpc) is 3.90. The van der Waals surface area contributed by atoms with Crippen molar-refractivity contribution in [2.45, 2.75) is 0 Å². The summed E-state index contributed by atoms with van der Waals surface area (Å²) in [5.74, 6) is 0.806. The molecule has 0 atom stereocenters. The fourth-order valence-corrected chi connectivity index (χ4v) is 10.6. The summed E-state index contributed by atoms with van der Waals surface area (Å²) in [4.78, 5) is 11.0. The molecular formula is C62H38N4. The second-order valence-corrected chi connectivity index (χ2v) is 17.4. The van der Waals surface area contributed by atoms with Crippen LogP contribution in [0.25, 0.3) is 132 Å². The molecule has 0 saturated carbocycles. The number of benzene rings is 11. The van der Waals surface area contributed by atoms with Gasteiger partial charge in [-0.1, -0.05) is 182 Å². The third-order valence-electron chi connectivity index (χ3n) is 13.7. The Morgan fingerprint density at radius 2 is 0.818 bits per heavy atom. The zero-order chi connectivity index (χ0) is 43.3. The van der Waals surface area contributed by atoms with Crippen molar-refractivity contribution in [1.82, 2.24) is 19.1 Å². The van der Waals surface area contributed by atoms with Crippen LogP contribution in [0.2, 0.25) is 0 Å². The molecule has 3 aromatic heterocycles. The van der Waals surface area contributed by atoms with Crippen molar-refractivity contribution in [3.8, 4) is 45.0 Å². The van der Waals surface area contributed by atoms with E-state index >= 15 is 0 Å². The first kappa shape index (κ1) is 36.6. The zero-order valence-corrected chi connectivity index (χ0v) is 35.7. The maximum Gasteiger partial charge on any atom is 0.165 e. The van der Waals surface area contributed by atoms with Crippen molar-refractivity contribution in [2.24, 2.45) is 0 Å². The molecule has 0 unspecified atom stereocenters. The molecule has 0 spiro atoms. The van der Waals surface area contributed by atoms with Crippen molar-refractivity contribution in [3.05, 3.63) is 231 Å². The van der Waals surface area contributed by atoms with Crippen molar-refractivity contribution in [1.29, 1.82) is 0 Å². The highest BCUT2D eigenvalue weighted by Crippen LogP contribution is 2.42. The summed E-state index contributed by atoms with van der Waals surface area (Å²) in [6.45, 7) is 0. The number of aromatic nitrogens is 4. The molecule has 0 aliphatic heterocycles. The van der Waals surface area contributed by atoms with Gasteiger partial charge in [0.15, 0.2) is 5.82 Å². The van der Waals surface area contributed by atoms with Crippen molar-refractivity contribution >= 4 is 87.0 Å². The van der Waals surface area contributed by atoms with Crippen LogP contribution in [-0.2, 0) is 0 Å². The molecule has 0 bridgehead atoms. The van der Waals surface area contributed by atoms with E-state index in [4.69, 9.17) is 9.97 Å². The fourth-order valence-electron chi connectivity index (χ4n) is 10.6. The van der Waals surface area contributed by atoms with E-state index in [-0.39, 0.29) is 0 Å². The Morgan fingerprint density at radius 3 is 1.61 bits per heavy atom. The SMILES string of the molecule is c1ccc2cc(-c3nc4ccccc4nc3-n3c4cc(-c5ccc6c7ccccc7n(-c7ccc(-c8cccc9ccccc89)cc7)c6c5)ccc4c4ccc5ccccc5c43)ccc2c1. The van der Waals surface area contributed by atoms with Crippen LogP contribution in [0.3, 0.4) is 0 Å². The van der Waals surface area contributed by atoms with E-state index in [0.29, 0.717) is 0 Å². The summed E-state index contributed by atoms with van der Waals surface area (Å²) < 4.78 is 4.80. The van der Waals surface area contributed by atoms with Gasteiger partial charge in [0.1, 0.15) is 5.69 Å². The average molecular weight is 839 g/mol. The fraction of sp³-hybridized carbons (Fsp3) is 0. The van der Waals surface area contributed by atoms with E-state index in [2.05, 4.69) is 228 Å². The van der Waals surface area contributed by atoms with E-state index in [0.717, 1.165) is 61.5 Å². The van der Waals surface area contributed by atoms with Gasteiger partial charge in [0.2, 0.25) is 0 Å². The van der Waals surface area contributed by atoms with E-state index in [1.807, 2.05) is 12.1 Å². The van der Waals surface area contributed by atoms with Crippen LogP contribution in [0, 0.1) is 0 Å². The van der Waals surface area contributed by atoms with Gasteiger partial charge in [-0.15, -0.1) is 0 Å². The molecule has 11 aromatic carbocycles. The summed E-state index contributed by atoms with van der Waals surface area (Å²) in [5.41, 5.74) is 14.0. The van der Waals surface area contributed by atoms with E-state index < -0.39 is 0 Å². The molecule has 0 aliphatic carbocycles. The smallest absolute Gasteiger partial charge is 0.165 e. The molecule has 0 aliphatic rings. The highest BCUT2D eigenvalue weighted by Gasteiger charge is 2.22. The van der Waals surface area contributed by atoms with Crippen LogP contribution >= 0.6 is 0 Å². The molecule has 66 heavy (non-hydrogen) atoms. The standard InChI is InChI=1S/C62H38N4/c1-2-15-43-36-46(25-24-39(43)12-1)60-62(64-56-22-9-8-21-55(56)63-60)66-59-38-45(30-34-53(59)54-35-28-41-14-4-6-18-50(41)61(54)66)44-29-33-52-51-19-7-10-23-57(51)65(58(52)37-44)47-31-26-42(27-32-47)49-20-11-16-40-13-3-5-17-48(40)49/h1-38H. The summed E-state index contributed by atoms with van der Waals surface area (Å²) in [7, 11) is 0. The molecule has 0 N–H and O–H groups in total. The number of fused-ring (bicyclic) bond motifs is 11. The Morgan fingerprint density at radius 1 is 0.288 bits per heavy atom. The van der Waals surface area contributed by atoms with Gasteiger partial charge in [0.05, 0.1) is 33.1 Å². The van der Waals surface area contributed by atoms with Gasteiger partial charge < -0.3 is 4.57 Å². The Kier molecular flexibility index (Phi) is 7.95. The Bertz CT molecular complexity index is 4280. The Hall–Kier alpha value is -8.86. The lowest BCUT2D eigenvalue weighted by molar-refractivity contribution is 1.08. The van der Waals surface area contributed by atoms with Crippen LogP contribution < -0.4 is 0 Å². The third kappa shape index (κ3) is 5.58. The van der Waals surface area contributed by atoms with Gasteiger partial charge in [0.25, 0.3) is 0 Å². The largest absolute Gasteiger partial charge is 0.309 e. The topological polar surface area (TPSA) is 35.6 Å². The van der Waals surface area contributed by atoms with Gasteiger partial charge in [0, 0.05) is 38.2 Å². The highest BCUT2D eigenvalue weighted by atomic mass is 15.1. The molecule has 3 heterocycles. The predicted molar refractivity (Wildman–Crippen MR) is 277 cm³/mol. The molecule has 0 fully saturated rings. The molecule has 0 amide bonds. The van der Waals surface area contributed by atoms with E-state index in [9.17, 15) is 0 Å². The summed E-state index contributed by atoms with van der Waals surface area (Å²) in [6, 6.07) is 83.5. The Balaban J connectivity index is 0.995. The van der Waals surface area contributed by atoms with Crippen molar-refractivity contribution < 1.29 is 0 Å². The molecular weight excluding hydrogens is 801 g/mol. The van der Waals surface area contributed by atoms with Gasteiger partial charge in [-0.3, -0.25) is 4.57 Å². The highest BCUT2D eigenvalue weighted by molar-refractivity contribution is 6.19. The number of rotatable bonds is 5. The number of para-hydroxylation sites is 3. The molecule has 14 rings (SSSR count). The molecule has 306 valence electrons. The summed E-state index contributed by atoms with van der Waals surface area (Å²) in [5, 5.41) is 12.0. The van der Waals surface area contributed by atoms with Crippen LogP contribution in [-0.4, -0.2) is 19.1 Å². The zero-order valence-electron chi connectivity index (χ0n) is 35.7. The first-order valence-corrected chi connectivity index (χ1v) is 22.6. The summed E-state index contributed by atoms with van der Waals surface area (Å²) in [6.07, 6.45) is 0. The lowest BCUT2D eigenvalue weighted by atomic mass is 9.98. The van der Waals surface area contributed by atoms with Gasteiger partial charge in [-0.25, -0.2) is 9.97 Å². The normalized spacial score (nSPS) is 11.9. The lowest BCUT2D eigenvalue weighted by Crippen LogP contribution is -2.04. The maximum atomic E-state index is 5.53. The monoisotopic (exact) mass is 838 g/mol. The van der Waals surface area contributed by atoms with Crippen LogP contribution in [0.4, 0.5) is 0 Å². The quantitative estimate of drug-likeness (QED) is 0.173.